The molecule has 3 heteroatoms. The first-order chi connectivity index (χ1) is 13.3. The van der Waals surface area contributed by atoms with Crippen LogP contribution < -0.4 is 0 Å². The fourth-order valence-electron chi connectivity index (χ4n) is 4.27. The number of hydrogen-bond donors (Lipinski definition) is 0. The van der Waals surface area contributed by atoms with Crippen molar-refractivity contribution in [3.8, 4) is 0 Å². The normalized spacial score (nSPS) is 23.0. The summed E-state index contributed by atoms with van der Waals surface area (Å²) < 4.78 is 17.9. The van der Waals surface area contributed by atoms with Gasteiger partial charge in [-0.15, -0.1) is 0 Å². The van der Waals surface area contributed by atoms with E-state index >= 15 is 0 Å². The Morgan fingerprint density at radius 3 is 2.22 bits per heavy atom. The van der Waals surface area contributed by atoms with Crippen LogP contribution >= 0.6 is 0 Å². The van der Waals surface area contributed by atoms with E-state index in [0.717, 1.165) is 12.8 Å². The van der Waals surface area contributed by atoms with Gasteiger partial charge in [-0.05, 0) is 34.7 Å². The highest BCUT2D eigenvalue weighted by atomic mass is 16.7. The summed E-state index contributed by atoms with van der Waals surface area (Å²) in [5, 5.41) is 2.50. The minimum absolute atomic E-state index is 0.00727. The van der Waals surface area contributed by atoms with E-state index in [9.17, 15) is 0 Å². The molecular weight excluding hydrogens is 336 g/mol. The average Bonchev–Trinajstić information content (AvgIpc) is 2.74. The van der Waals surface area contributed by atoms with Crippen LogP contribution in [0.25, 0.3) is 10.8 Å². The van der Waals surface area contributed by atoms with Crippen LogP contribution in [0.3, 0.4) is 0 Å². The lowest BCUT2D eigenvalue weighted by Crippen LogP contribution is -2.33. The molecular formula is C24H26O3. The Hall–Kier alpha value is -2.20. The molecule has 0 bridgehead atoms. The summed E-state index contributed by atoms with van der Waals surface area (Å²) in [5.74, 6) is 0.267. The summed E-state index contributed by atoms with van der Waals surface area (Å²) in [7, 11) is 3.43. The van der Waals surface area contributed by atoms with Gasteiger partial charge in [0.15, 0.2) is 6.29 Å². The standard InChI is InChI=1S/C24H26O3/c1-25-24(26-2)19-15-22(18-10-4-3-5-11-18)27-23(16-19)21-14-8-12-17-9-6-7-13-20(17)21/h3-14,19,22-24H,15-16H2,1-2H3/t19-,22-,23+/m1/s1. The monoisotopic (exact) mass is 362 g/mol. The predicted octanol–water partition coefficient (Wildman–Crippen LogP) is 5.67. The van der Waals surface area contributed by atoms with Crippen LogP contribution in [0.4, 0.5) is 0 Å². The fraction of sp³-hybridized carbons (Fsp3) is 0.333. The van der Waals surface area contributed by atoms with Gasteiger partial charge in [-0.3, -0.25) is 0 Å². The molecule has 0 spiro atoms. The molecule has 4 rings (SSSR count). The predicted molar refractivity (Wildman–Crippen MR) is 107 cm³/mol. The minimum atomic E-state index is -0.224. The number of rotatable bonds is 5. The van der Waals surface area contributed by atoms with E-state index in [0.29, 0.717) is 0 Å². The number of hydrogen-bond acceptors (Lipinski definition) is 3. The molecule has 3 aromatic carbocycles. The molecule has 3 nitrogen and oxygen atoms in total. The van der Waals surface area contributed by atoms with Crippen LogP contribution in [-0.2, 0) is 14.2 Å². The van der Waals surface area contributed by atoms with Gasteiger partial charge in [0.25, 0.3) is 0 Å². The molecule has 0 aliphatic carbocycles. The number of methoxy groups -OCH3 is 2. The summed E-state index contributed by atoms with van der Waals surface area (Å²) in [4.78, 5) is 0. The van der Waals surface area contributed by atoms with Crippen LogP contribution in [0.2, 0.25) is 0 Å². The van der Waals surface area contributed by atoms with Crippen LogP contribution in [0, 0.1) is 5.92 Å². The van der Waals surface area contributed by atoms with Gasteiger partial charge in [0, 0.05) is 20.1 Å². The molecule has 0 aromatic heterocycles. The number of benzene rings is 3. The second-order valence-corrected chi connectivity index (χ2v) is 7.16. The maximum atomic E-state index is 6.62. The second-order valence-electron chi connectivity index (χ2n) is 7.16. The van der Waals surface area contributed by atoms with Crippen LogP contribution in [0.5, 0.6) is 0 Å². The second kappa shape index (κ2) is 8.22. The van der Waals surface area contributed by atoms with Gasteiger partial charge in [0.2, 0.25) is 0 Å². The van der Waals surface area contributed by atoms with Crippen molar-refractivity contribution < 1.29 is 14.2 Å². The van der Waals surface area contributed by atoms with Crippen LogP contribution in [0.1, 0.15) is 36.2 Å². The Morgan fingerprint density at radius 1 is 0.778 bits per heavy atom. The molecule has 1 fully saturated rings. The van der Waals surface area contributed by atoms with E-state index in [2.05, 4.69) is 66.7 Å². The quantitative estimate of drug-likeness (QED) is 0.548. The Bertz CT molecular complexity index is 868. The van der Waals surface area contributed by atoms with E-state index in [4.69, 9.17) is 14.2 Å². The van der Waals surface area contributed by atoms with Gasteiger partial charge in [-0.2, -0.15) is 0 Å². The Balaban J connectivity index is 1.72. The third kappa shape index (κ3) is 3.77. The van der Waals surface area contributed by atoms with E-state index < -0.39 is 0 Å². The molecule has 1 heterocycles. The van der Waals surface area contributed by atoms with Crippen molar-refractivity contribution in [1.29, 1.82) is 0 Å². The largest absolute Gasteiger partial charge is 0.366 e. The SMILES string of the molecule is COC(OC)[C@H]1C[C@@H](c2cccc3ccccc23)O[C@@H](c2ccccc2)C1. The van der Waals surface area contributed by atoms with Crippen molar-refractivity contribution in [2.45, 2.75) is 31.3 Å². The van der Waals surface area contributed by atoms with Crippen molar-refractivity contribution in [3.05, 3.63) is 83.9 Å². The Kier molecular flexibility index (Phi) is 5.53. The molecule has 1 saturated heterocycles. The van der Waals surface area contributed by atoms with Crippen LogP contribution in [-0.4, -0.2) is 20.5 Å². The summed E-state index contributed by atoms with van der Waals surface area (Å²) >= 11 is 0. The van der Waals surface area contributed by atoms with Gasteiger partial charge >= 0.3 is 0 Å². The van der Waals surface area contributed by atoms with Gasteiger partial charge in [-0.1, -0.05) is 72.8 Å². The molecule has 27 heavy (non-hydrogen) atoms. The summed E-state index contributed by atoms with van der Waals surface area (Å²) in [5.41, 5.74) is 2.45. The molecule has 0 unspecified atom stereocenters. The number of fused-ring (bicyclic) bond motifs is 1. The zero-order chi connectivity index (χ0) is 18.6. The molecule has 3 atom stereocenters. The summed E-state index contributed by atoms with van der Waals surface area (Å²) in [6, 6.07) is 25.4. The lowest BCUT2D eigenvalue weighted by atomic mass is 9.85. The van der Waals surface area contributed by atoms with Crippen molar-refractivity contribution in [1.82, 2.24) is 0 Å². The molecule has 140 valence electrons. The molecule has 0 N–H and O–H groups in total. The molecule has 0 saturated carbocycles. The van der Waals surface area contributed by atoms with E-state index in [1.165, 1.54) is 21.9 Å². The summed E-state index contributed by atoms with van der Waals surface area (Å²) in [6.45, 7) is 0. The van der Waals surface area contributed by atoms with Crippen molar-refractivity contribution in [3.63, 3.8) is 0 Å². The highest BCUT2D eigenvalue weighted by Gasteiger charge is 2.36. The van der Waals surface area contributed by atoms with E-state index in [1.807, 2.05) is 6.07 Å². The summed E-state index contributed by atoms with van der Waals surface area (Å²) in [6.07, 6.45) is 1.58. The number of ether oxygens (including phenoxy) is 3. The Labute approximate surface area is 160 Å². The fourth-order valence-corrected chi connectivity index (χ4v) is 4.27. The maximum absolute atomic E-state index is 6.62. The van der Waals surface area contributed by atoms with Crippen molar-refractivity contribution in [2.75, 3.05) is 14.2 Å². The van der Waals surface area contributed by atoms with E-state index in [1.54, 1.807) is 14.2 Å². The lowest BCUT2D eigenvalue weighted by Gasteiger charge is -2.38. The zero-order valence-corrected chi connectivity index (χ0v) is 15.9. The topological polar surface area (TPSA) is 27.7 Å². The zero-order valence-electron chi connectivity index (χ0n) is 15.9. The first-order valence-electron chi connectivity index (χ1n) is 9.54. The smallest absolute Gasteiger partial charge is 0.159 e. The molecule has 1 aliphatic heterocycles. The van der Waals surface area contributed by atoms with Crippen molar-refractivity contribution >= 4 is 10.8 Å². The lowest BCUT2D eigenvalue weighted by molar-refractivity contribution is -0.181. The molecule has 0 radical (unpaired) electrons. The van der Waals surface area contributed by atoms with Gasteiger partial charge in [0.1, 0.15) is 0 Å². The molecule has 0 amide bonds. The van der Waals surface area contributed by atoms with Gasteiger partial charge in [0.05, 0.1) is 12.2 Å². The third-order valence-corrected chi connectivity index (χ3v) is 5.55. The van der Waals surface area contributed by atoms with Gasteiger partial charge in [-0.25, -0.2) is 0 Å². The average molecular weight is 362 g/mol. The molecule has 1 aliphatic rings. The van der Waals surface area contributed by atoms with Crippen molar-refractivity contribution in [2.24, 2.45) is 5.92 Å². The highest BCUT2D eigenvalue weighted by Crippen LogP contribution is 2.44. The minimum Gasteiger partial charge on any atom is -0.366 e. The maximum Gasteiger partial charge on any atom is 0.159 e. The highest BCUT2D eigenvalue weighted by molar-refractivity contribution is 5.86. The van der Waals surface area contributed by atoms with E-state index in [-0.39, 0.29) is 24.4 Å². The first kappa shape index (κ1) is 18.2. The van der Waals surface area contributed by atoms with Crippen LogP contribution in [0.15, 0.2) is 72.8 Å². The Morgan fingerprint density at radius 2 is 1.44 bits per heavy atom. The first-order valence-corrected chi connectivity index (χ1v) is 9.54. The van der Waals surface area contributed by atoms with Gasteiger partial charge < -0.3 is 14.2 Å². The molecule has 3 aromatic rings. The third-order valence-electron chi connectivity index (χ3n) is 5.55.